The maximum atomic E-state index is 12.7. The van der Waals surface area contributed by atoms with Crippen molar-refractivity contribution in [3.05, 3.63) is 60.6 Å². The Labute approximate surface area is 181 Å². The van der Waals surface area contributed by atoms with E-state index in [1.165, 1.54) is 18.5 Å². The molecule has 3 heterocycles. The molecule has 0 atom stereocenters. The lowest BCUT2D eigenvalue weighted by molar-refractivity contribution is 0.411. The van der Waals surface area contributed by atoms with E-state index < -0.39 is 10.0 Å². The fourth-order valence-electron chi connectivity index (χ4n) is 3.45. The van der Waals surface area contributed by atoms with E-state index in [1.54, 1.807) is 32.4 Å². The number of anilines is 3. The van der Waals surface area contributed by atoms with Gasteiger partial charge in [-0.2, -0.15) is 0 Å². The van der Waals surface area contributed by atoms with Crippen molar-refractivity contribution in [1.29, 1.82) is 0 Å². The standard InChI is InChI=1S/C21H24N6O3S/c1-16-13-18(6-7-19(16)30-2)31(28,29)25-17-14-23-21(24-15-17)27-11-9-26(10-12-27)20-5-3-4-8-22-20/h3-8,13-15,25H,9-12H2,1-2H3. The number of pyridine rings is 1. The van der Waals surface area contributed by atoms with Gasteiger partial charge >= 0.3 is 0 Å². The molecule has 31 heavy (non-hydrogen) atoms. The highest BCUT2D eigenvalue weighted by Gasteiger charge is 2.20. The second-order valence-electron chi connectivity index (χ2n) is 7.17. The molecule has 0 saturated carbocycles. The highest BCUT2D eigenvalue weighted by atomic mass is 32.2. The van der Waals surface area contributed by atoms with E-state index in [0.717, 1.165) is 37.6 Å². The molecule has 0 bridgehead atoms. The van der Waals surface area contributed by atoms with Crippen molar-refractivity contribution in [1.82, 2.24) is 15.0 Å². The average molecular weight is 441 g/mol. The molecule has 0 unspecified atom stereocenters. The molecule has 1 fully saturated rings. The van der Waals surface area contributed by atoms with Crippen LogP contribution in [0.5, 0.6) is 5.75 Å². The van der Waals surface area contributed by atoms with Gasteiger partial charge in [-0.15, -0.1) is 0 Å². The van der Waals surface area contributed by atoms with Crippen LogP contribution in [0.25, 0.3) is 0 Å². The number of methoxy groups -OCH3 is 1. The van der Waals surface area contributed by atoms with E-state index >= 15 is 0 Å². The largest absolute Gasteiger partial charge is 0.496 e. The maximum absolute atomic E-state index is 12.7. The second kappa shape index (κ2) is 8.76. The minimum Gasteiger partial charge on any atom is -0.496 e. The molecular weight excluding hydrogens is 416 g/mol. The molecule has 4 rings (SSSR count). The second-order valence-corrected chi connectivity index (χ2v) is 8.85. The zero-order chi connectivity index (χ0) is 21.8. The van der Waals surface area contributed by atoms with Crippen LogP contribution in [-0.4, -0.2) is 56.7 Å². The lowest BCUT2D eigenvalue weighted by Gasteiger charge is -2.35. The highest BCUT2D eigenvalue weighted by Crippen LogP contribution is 2.23. The number of benzene rings is 1. The van der Waals surface area contributed by atoms with Gasteiger partial charge in [-0.1, -0.05) is 6.07 Å². The summed E-state index contributed by atoms with van der Waals surface area (Å²) in [6.45, 7) is 4.93. The summed E-state index contributed by atoms with van der Waals surface area (Å²) in [7, 11) is -2.20. The average Bonchev–Trinajstić information content (AvgIpc) is 2.80. The number of hydrogen-bond acceptors (Lipinski definition) is 8. The molecule has 0 spiro atoms. The van der Waals surface area contributed by atoms with E-state index in [-0.39, 0.29) is 4.90 Å². The Morgan fingerprint density at radius 3 is 2.29 bits per heavy atom. The Kier molecular flexibility index (Phi) is 5.90. The Bertz CT molecular complexity index is 1130. The predicted octanol–water partition coefficient (Wildman–Crippen LogP) is 2.32. The molecule has 0 amide bonds. The van der Waals surface area contributed by atoms with Gasteiger partial charge in [0.2, 0.25) is 5.95 Å². The first-order valence-electron chi connectivity index (χ1n) is 9.87. The molecule has 2 aromatic heterocycles. The fraction of sp³-hybridized carbons (Fsp3) is 0.286. The van der Waals surface area contributed by atoms with Gasteiger partial charge in [0.1, 0.15) is 11.6 Å². The molecule has 1 saturated heterocycles. The van der Waals surface area contributed by atoms with Crippen LogP contribution < -0.4 is 19.3 Å². The first-order valence-corrected chi connectivity index (χ1v) is 11.3. The summed E-state index contributed by atoms with van der Waals surface area (Å²) in [5.74, 6) is 2.17. The zero-order valence-corrected chi connectivity index (χ0v) is 18.2. The molecule has 1 aromatic carbocycles. The van der Waals surface area contributed by atoms with E-state index in [2.05, 4.69) is 29.5 Å². The van der Waals surface area contributed by atoms with Gasteiger partial charge < -0.3 is 14.5 Å². The monoisotopic (exact) mass is 440 g/mol. The van der Waals surface area contributed by atoms with Crippen LogP contribution in [0.1, 0.15) is 5.56 Å². The van der Waals surface area contributed by atoms with E-state index in [9.17, 15) is 8.42 Å². The highest BCUT2D eigenvalue weighted by molar-refractivity contribution is 7.92. The summed E-state index contributed by atoms with van der Waals surface area (Å²) in [6.07, 6.45) is 4.76. The van der Waals surface area contributed by atoms with Gasteiger partial charge in [-0.3, -0.25) is 4.72 Å². The number of sulfonamides is 1. The molecule has 0 radical (unpaired) electrons. The number of rotatable bonds is 6. The first kappa shape index (κ1) is 20.9. The molecule has 162 valence electrons. The van der Waals surface area contributed by atoms with Crippen LogP contribution in [0.2, 0.25) is 0 Å². The topological polar surface area (TPSA) is 101 Å². The smallest absolute Gasteiger partial charge is 0.262 e. The van der Waals surface area contributed by atoms with Gasteiger partial charge in [0.25, 0.3) is 10.0 Å². The third-order valence-corrected chi connectivity index (χ3v) is 6.48. The van der Waals surface area contributed by atoms with Gasteiger partial charge in [-0.25, -0.2) is 23.4 Å². The number of piperazine rings is 1. The summed E-state index contributed by atoms with van der Waals surface area (Å²) in [4.78, 5) is 17.5. The lowest BCUT2D eigenvalue weighted by atomic mass is 10.2. The van der Waals surface area contributed by atoms with Gasteiger partial charge in [0.15, 0.2) is 0 Å². The van der Waals surface area contributed by atoms with Crippen molar-refractivity contribution in [2.45, 2.75) is 11.8 Å². The summed E-state index contributed by atoms with van der Waals surface area (Å²) >= 11 is 0. The zero-order valence-electron chi connectivity index (χ0n) is 17.4. The number of ether oxygens (including phenoxy) is 1. The van der Waals surface area contributed by atoms with Crippen molar-refractivity contribution in [3.8, 4) is 5.75 Å². The van der Waals surface area contributed by atoms with E-state index in [1.807, 2.05) is 18.2 Å². The minimum absolute atomic E-state index is 0.153. The Morgan fingerprint density at radius 1 is 0.968 bits per heavy atom. The number of aryl methyl sites for hydroxylation is 1. The predicted molar refractivity (Wildman–Crippen MR) is 119 cm³/mol. The van der Waals surface area contributed by atoms with Gasteiger partial charge in [0, 0.05) is 32.4 Å². The molecular formula is C21H24N6O3S. The summed E-state index contributed by atoms with van der Waals surface area (Å²) in [5.41, 5.74) is 1.05. The lowest BCUT2D eigenvalue weighted by Crippen LogP contribution is -2.47. The molecule has 9 nitrogen and oxygen atoms in total. The number of nitrogens with one attached hydrogen (secondary N) is 1. The van der Waals surface area contributed by atoms with Crippen LogP contribution in [0.15, 0.2) is 59.9 Å². The van der Waals surface area contributed by atoms with Gasteiger partial charge in [-0.05, 0) is 42.8 Å². The normalized spacial score (nSPS) is 14.4. The number of aromatic nitrogens is 3. The number of hydrogen-bond donors (Lipinski definition) is 1. The Morgan fingerprint density at radius 2 is 1.68 bits per heavy atom. The van der Waals surface area contributed by atoms with Crippen molar-refractivity contribution in [2.75, 3.05) is 47.8 Å². The number of nitrogens with zero attached hydrogens (tertiary/aromatic N) is 5. The van der Waals surface area contributed by atoms with Gasteiger partial charge in [0.05, 0.1) is 30.1 Å². The quantitative estimate of drug-likeness (QED) is 0.623. The molecule has 10 heteroatoms. The van der Waals surface area contributed by atoms with Crippen LogP contribution >= 0.6 is 0 Å². The summed E-state index contributed by atoms with van der Waals surface area (Å²) in [5, 5.41) is 0. The molecule has 3 aromatic rings. The Balaban J connectivity index is 1.40. The molecule has 0 aliphatic carbocycles. The van der Waals surface area contributed by atoms with Crippen molar-refractivity contribution >= 4 is 27.5 Å². The fourth-order valence-corrected chi connectivity index (χ4v) is 4.56. The Hall–Kier alpha value is -3.40. The van der Waals surface area contributed by atoms with Crippen LogP contribution in [0.3, 0.4) is 0 Å². The third-order valence-electron chi connectivity index (χ3n) is 5.10. The van der Waals surface area contributed by atoms with Crippen molar-refractivity contribution < 1.29 is 13.2 Å². The van der Waals surface area contributed by atoms with Crippen LogP contribution in [0, 0.1) is 6.92 Å². The summed E-state index contributed by atoms with van der Waals surface area (Å²) in [6, 6.07) is 10.6. The summed E-state index contributed by atoms with van der Waals surface area (Å²) < 4.78 is 33.1. The molecule has 1 N–H and O–H groups in total. The first-order chi connectivity index (χ1) is 15.0. The van der Waals surface area contributed by atoms with E-state index in [4.69, 9.17) is 4.74 Å². The third kappa shape index (κ3) is 4.69. The van der Waals surface area contributed by atoms with Crippen molar-refractivity contribution in [2.24, 2.45) is 0 Å². The molecule has 1 aliphatic rings. The molecule has 1 aliphatic heterocycles. The maximum Gasteiger partial charge on any atom is 0.262 e. The van der Waals surface area contributed by atoms with E-state index in [0.29, 0.717) is 17.4 Å². The van der Waals surface area contributed by atoms with Crippen LogP contribution in [-0.2, 0) is 10.0 Å². The SMILES string of the molecule is COc1ccc(S(=O)(=O)Nc2cnc(N3CCN(c4ccccn4)CC3)nc2)cc1C. The minimum atomic E-state index is -3.75. The van der Waals surface area contributed by atoms with Crippen LogP contribution in [0.4, 0.5) is 17.5 Å². The van der Waals surface area contributed by atoms with Crippen molar-refractivity contribution in [3.63, 3.8) is 0 Å².